The first-order valence-electron chi connectivity index (χ1n) is 8.01. The van der Waals surface area contributed by atoms with Crippen LogP contribution in [0.5, 0.6) is 0 Å². The van der Waals surface area contributed by atoms with E-state index in [9.17, 15) is 9.90 Å². The number of carboxylic acids is 1. The Balaban J connectivity index is 1.89. The second kappa shape index (κ2) is 8.51. The largest absolute Gasteiger partial charge is 0.480 e. The van der Waals surface area contributed by atoms with Crippen molar-refractivity contribution in [1.82, 2.24) is 10.2 Å². The van der Waals surface area contributed by atoms with Gasteiger partial charge in [-0.05, 0) is 56.0 Å². The predicted octanol–water partition coefficient (Wildman–Crippen LogP) is 3.00. The Hall–Kier alpha value is -1.10. The molecule has 0 spiro atoms. The zero-order chi connectivity index (χ0) is 15.9. The van der Waals surface area contributed by atoms with Crippen molar-refractivity contribution in [2.45, 2.75) is 38.8 Å². The average Bonchev–Trinajstić information content (AvgIpc) is 2.47. The number of nitrogens with one attached hydrogen (secondary N) is 1. The molecule has 1 heterocycles. The fraction of sp³-hybridized carbons (Fsp3) is 0.588. The van der Waals surface area contributed by atoms with Gasteiger partial charge in [-0.15, -0.1) is 0 Å². The summed E-state index contributed by atoms with van der Waals surface area (Å²) >= 11 is 6.04. The number of rotatable bonds is 7. The molecule has 4 nitrogen and oxygen atoms in total. The average molecular weight is 325 g/mol. The van der Waals surface area contributed by atoms with Gasteiger partial charge in [0.25, 0.3) is 0 Å². The Labute approximate surface area is 137 Å². The first-order chi connectivity index (χ1) is 10.6. The molecule has 1 aliphatic rings. The highest BCUT2D eigenvalue weighted by Crippen LogP contribution is 2.23. The van der Waals surface area contributed by atoms with E-state index in [1.165, 1.54) is 5.56 Å². The number of likely N-dealkylation sites (N-methyl/N-ethyl adjacent to an activating group) is 1. The molecule has 5 heteroatoms. The van der Waals surface area contributed by atoms with Gasteiger partial charge >= 0.3 is 5.97 Å². The van der Waals surface area contributed by atoms with E-state index in [2.05, 4.69) is 16.3 Å². The maximum Gasteiger partial charge on any atom is 0.320 e. The lowest BCUT2D eigenvalue weighted by molar-refractivity contribution is -0.140. The molecule has 122 valence electrons. The minimum atomic E-state index is -0.742. The van der Waals surface area contributed by atoms with Gasteiger partial charge < -0.3 is 10.4 Å². The van der Waals surface area contributed by atoms with Crippen LogP contribution < -0.4 is 5.32 Å². The number of hydrogen-bond acceptors (Lipinski definition) is 3. The topological polar surface area (TPSA) is 52.6 Å². The van der Waals surface area contributed by atoms with Gasteiger partial charge in [-0.3, -0.25) is 9.69 Å². The Morgan fingerprint density at radius 2 is 2.36 bits per heavy atom. The first-order valence-corrected chi connectivity index (χ1v) is 8.39. The van der Waals surface area contributed by atoms with Crippen molar-refractivity contribution in [2.75, 3.05) is 19.6 Å². The fourth-order valence-electron chi connectivity index (χ4n) is 3.23. The van der Waals surface area contributed by atoms with Crippen LogP contribution in [0.3, 0.4) is 0 Å². The molecule has 1 fully saturated rings. The SMILES string of the molecule is CCNC(CC1CCCN(Cc2cccc(Cl)c2)C1)C(=O)O. The molecule has 2 atom stereocenters. The highest BCUT2D eigenvalue weighted by atomic mass is 35.5. The number of carbonyl (C=O) groups is 1. The molecule has 1 aromatic carbocycles. The van der Waals surface area contributed by atoms with Crippen LogP contribution in [0, 0.1) is 5.92 Å². The molecule has 2 unspecified atom stereocenters. The number of benzene rings is 1. The molecule has 2 rings (SSSR count). The van der Waals surface area contributed by atoms with Crippen molar-refractivity contribution >= 4 is 17.6 Å². The lowest BCUT2D eigenvalue weighted by atomic mass is 9.91. The van der Waals surface area contributed by atoms with E-state index in [0.717, 1.165) is 37.5 Å². The minimum Gasteiger partial charge on any atom is -0.480 e. The smallest absolute Gasteiger partial charge is 0.320 e. The van der Waals surface area contributed by atoms with Gasteiger partial charge in [0.2, 0.25) is 0 Å². The monoisotopic (exact) mass is 324 g/mol. The molecule has 0 amide bonds. The Bertz CT molecular complexity index is 495. The highest BCUT2D eigenvalue weighted by Gasteiger charge is 2.26. The fourth-order valence-corrected chi connectivity index (χ4v) is 3.44. The Morgan fingerprint density at radius 3 is 3.05 bits per heavy atom. The zero-order valence-corrected chi connectivity index (χ0v) is 13.9. The third-order valence-electron chi connectivity index (χ3n) is 4.22. The van der Waals surface area contributed by atoms with Gasteiger partial charge in [0.15, 0.2) is 0 Å². The van der Waals surface area contributed by atoms with E-state index in [1.54, 1.807) is 0 Å². The second-order valence-corrected chi connectivity index (χ2v) is 6.49. The number of hydrogen-bond donors (Lipinski definition) is 2. The molecule has 0 saturated carbocycles. The third kappa shape index (κ3) is 5.27. The van der Waals surface area contributed by atoms with Crippen LogP contribution in [0.1, 0.15) is 31.7 Å². The van der Waals surface area contributed by atoms with E-state index in [4.69, 9.17) is 11.6 Å². The van der Waals surface area contributed by atoms with Crippen LogP contribution in [0.15, 0.2) is 24.3 Å². The summed E-state index contributed by atoms with van der Waals surface area (Å²) in [4.78, 5) is 13.7. The predicted molar refractivity (Wildman–Crippen MR) is 89.2 cm³/mol. The molecule has 1 aromatic rings. The molecule has 0 aromatic heterocycles. The van der Waals surface area contributed by atoms with E-state index < -0.39 is 12.0 Å². The summed E-state index contributed by atoms with van der Waals surface area (Å²) in [5.74, 6) is -0.304. The normalized spacial score (nSPS) is 20.7. The van der Waals surface area contributed by atoms with Gasteiger partial charge in [0.1, 0.15) is 6.04 Å². The van der Waals surface area contributed by atoms with Crippen LogP contribution >= 0.6 is 11.6 Å². The number of nitrogens with zero attached hydrogens (tertiary/aromatic N) is 1. The Morgan fingerprint density at radius 1 is 1.55 bits per heavy atom. The molecule has 22 heavy (non-hydrogen) atoms. The van der Waals surface area contributed by atoms with Crippen LogP contribution in [0.2, 0.25) is 5.02 Å². The van der Waals surface area contributed by atoms with Crippen molar-refractivity contribution in [3.05, 3.63) is 34.9 Å². The third-order valence-corrected chi connectivity index (χ3v) is 4.45. The highest BCUT2D eigenvalue weighted by molar-refractivity contribution is 6.30. The second-order valence-electron chi connectivity index (χ2n) is 6.06. The van der Waals surface area contributed by atoms with Gasteiger partial charge in [0, 0.05) is 18.1 Å². The molecular weight excluding hydrogens is 300 g/mol. The van der Waals surface area contributed by atoms with E-state index in [1.807, 2.05) is 25.1 Å². The summed E-state index contributed by atoms with van der Waals surface area (Å²) in [6.07, 6.45) is 2.94. The summed E-state index contributed by atoms with van der Waals surface area (Å²) in [6.45, 7) is 5.55. The number of halogens is 1. The lowest BCUT2D eigenvalue weighted by Crippen LogP contribution is -2.42. The molecule has 2 N–H and O–H groups in total. The number of piperidine rings is 1. The molecule has 0 aliphatic carbocycles. The van der Waals surface area contributed by atoms with Crippen LogP contribution in [0.25, 0.3) is 0 Å². The van der Waals surface area contributed by atoms with Crippen molar-refractivity contribution in [3.63, 3.8) is 0 Å². The van der Waals surface area contributed by atoms with E-state index >= 15 is 0 Å². The quantitative estimate of drug-likeness (QED) is 0.809. The zero-order valence-electron chi connectivity index (χ0n) is 13.1. The number of likely N-dealkylation sites (tertiary alicyclic amines) is 1. The van der Waals surface area contributed by atoms with Crippen LogP contribution in [-0.2, 0) is 11.3 Å². The minimum absolute atomic E-state index is 0.430. The van der Waals surface area contributed by atoms with Gasteiger partial charge in [-0.2, -0.15) is 0 Å². The Kier molecular flexibility index (Phi) is 6.68. The molecule has 1 aliphatic heterocycles. The first kappa shape index (κ1) is 17.3. The molecule has 0 radical (unpaired) electrons. The molecular formula is C17H25ClN2O2. The molecule has 1 saturated heterocycles. The lowest BCUT2D eigenvalue weighted by Gasteiger charge is -2.34. The summed E-state index contributed by atoms with van der Waals surface area (Å²) in [5, 5.41) is 13.1. The van der Waals surface area contributed by atoms with E-state index in [0.29, 0.717) is 18.9 Å². The van der Waals surface area contributed by atoms with Crippen molar-refractivity contribution in [1.29, 1.82) is 0 Å². The van der Waals surface area contributed by atoms with Gasteiger partial charge in [0.05, 0.1) is 0 Å². The van der Waals surface area contributed by atoms with E-state index in [-0.39, 0.29) is 0 Å². The summed E-state index contributed by atoms with van der Waals surface area (Å²) in [5.41, 5.74) is 1.22. The maximum absolute atomic E-state index is 11.3. The molecule has 0 bridgehead atoms. The standard InChI is InChI=1S/C17H25ClN2O2/c1-2-19-16(17(21)22)10-14-6-4-8-20(12-14)11-13-5-3-7-15(18)9-13/h3,5,7,9,14,16,19H,2,4,6,8,10-12H2,1H3,(H,21,22). The van der Waals surface area contributed by atoms with Crippen molar-refractivity contribution in [2.24, 2.45) is 5.92 Å². The van der Waals surface area contributed by atoms with Gasteiger partial charge in [-0.1, -0.05) is 30.7 Å². The van der Waals surface area contributed by atoms with Gasteiger partial charge in [-0.25, -0.2) is 0 Å². The van der Waals surface area contributed by atoms with Crippen LogP contribution in [0.4, 0.5) is 0 Å². The number of carboxylic acid groups (broad SMARTS) is 1. The summed E-state index contributed by atoms with van der Waals surface area (Å²) < 4.78 is 0. The van der Waals surface area contributed by atoms with Crippen LogP contribution in [-0.4, -0.2) is 41.7 Å². The van der Waals surface area contributed by atoms with Crippen molar-refractivity contribution in [3.8, 4) is 0 Å². The number of aliphatic carboxylic acids is 1. The van der Waals surface area contributed by atoms with Crippen molar-refractivity contribution < 1.29 is 9.90 Å². The maximum atomic E-state index is 11.3. The summed E-state index contributed by atoms with van der Waals surface area (Å²) in [6, 6.07) is 7.53. The summed E-state index contributed by atoms with van der Waals surface area (Å²) in [7, 11) is 0.